The van der Waals surface area contributed by atoms with E-state index in [0.29, 0.717) is 22.1 Å². The molecule has 0 spiro atoms. The van der Waals surface area contributed by atoms with Crippen molar-refractivity contribution >= 4 is 22.9 Å². The van der Waals surface area contributed by atoms with Gasteiger partial charge in [-0.1, -0.05) is 11.6 Å². The van der Waals surface area contributed by atoms with Crippen molar-refractivity contribution in [3.8, 4) is 11.5 Å². The highest BCUT2D eigenvalue weighted by molar-refractivity contribution is 7.10. The minimum absolute atomic E-state index is 0.325. The standard InChI is InChI=1S/C14H15ClFNO2S/c1-7-6-20-14(12(7)15)13(17)8-4-10(18-2)11(19-3)5-9(8)16/h4-6,13H,17H2,1-3H3. The molecule has 1 aromatic carbocycles. The van der Waals surface area contributed by atoms with E-state index in [4.69, 9.17) is 26.8 Å². The zero-order chi connectivity index (χ0) is 14.9. The molecule has 0 fully saturated rings. The van der Waals surface area contributed by atoms with Gasteiger partial charge in [0, 0.05) is 16.5 Å². The lowest BCUT2D eigenvalue weighted by atomic mass is 10.0. The van der Waals surface area contributed by atoms with E-state index in [1.807, 2.05) is 12.3 Å². The topological polar surface area (TPSA) is 44.5 Å². The smallest absolute Gasteiger partial charge is 0.163 e. The van der Waals surface area contributed by atoms with Crippen LogP contribution in [-0.4, -0.2) is 14.2 Å². The van der Waals surface area contributed by atoms with Gasteiger partial charge in [0.2, 0.25) is 0 Å². The molecule has 2 N–H and O–H groups in total. The summed E-state index contributed by atoms with van der Waals surface area (Å²) in [6.07, 6.45) is 0. The number of halogens is 2. The lowest BCUT2D eigenvalue weighted by Gasteiger charge is -2.15. The number of ether oxygens (including phenoxy) is 2. The Morgan fingerprint density at radius 2 is 1.85 bits per heavy atom. The Hall–Kier alpha value is -1.30. The van der Waals surface area contributed by atoms with E-state index in [1.165, 1.54) is 31.6 Å². The largest absolute Gasteiger partial charge is 0.493 e. The number of hydrogen-bond acceptors (Lipinski definition) is 4. The molecule has 0 amide bonds. The van der Waals surface area contributed by atoms with Crippen LogP contribution in [0.4, 0.5) is 4.39 Å². The first kappa shape index (κ1) is 15.1. The minimum atomic E-state index is -0.638. The number of thiophene rings is 1. The van der Waals surface area contributed by atoms with Gasteiger partial charge in [-0.2, -0.15) is 0 Å². The first-order chi connectivity index (χ1) is 9.49. The predicted octanol–water partition coefficient (Wildman–Crippen LogP) is 3.91. The van der Waals surface area contributed by atoms with Gasteiger partial charge in [-0.25, -0.2) is 4.39 Å². The van der Waals surface area contributed by atoms with Crippen LogP contribution in [0.25, 0.3) is 0 Å². The van der Waals surface area contributed by atoms with Gasteiger partial charge in [0.1, 0.15) is 5.82 Å². The molecule has 3 nitrogen and oxygen atoms in total. The Morgan fingerprint density at radius 1 is 1.25 bits per heavy atom. The summed E-state index contributed by atoms with van der Waals surface area (Å²) in [5, 5.41) is 2.48. The van der Waals surface area contributed by atoms with Gasteiger partial charge >= 0.3 is 0 Å². The first-order valence-corrected chi connectivity index (χ1v) is 7.15. The van der Waals surface area contributed by atoms with Crippen molar-refractivity contribution in [2.45, 2.75) is 13.0 Å². The second-order valence-corrected chi connectivity index (χ2v) is 5.59. The molecule has 0 saturated carbocycles. The van der Waals surface area contributed by atoms with Crippen LogP contribution < -0.4 is 15.2 Å². The summed E-state index contributed by atoms with van der Waals surface area (Å²) in [6.45, 7) is 1.89. The van der Waals surface area contributed by atoms with Crippen molar-refractivity contribution in [1.82, 2.24) is 0 Å². The molecule has 1 unspecified atom stereocenters. The third-order valence-electron chi connectivity index (χ3n) is 3.05. The summed E-state index contributed by atoms with van der Waals surface area (Å²) in [5.41, 5.74) is 7.39. The van der Waals surface area contributed by atoms with Crippen LogP contribution in [0.2, 0.25) is 5.02 Å². The molecule has 2 rings (SSSR count). The van der Waals surface area contributed by atoms with Crippen molar-refractivity contribution < 1.29 is 13.9 Å². The second-order valence-electron chi connectivity index (χ2n) is 4.30. The van der Waals surface area contributed by atoms with E-state index < -0.39 is 11.9 Å². The average Bonchev–Trinajstić information content (AvgIpc) is 2.78. The normalized spacial score (nSPS) is 12.3. The molecule has 0 bridgehead atoms. The molecule has 6 heteroatoms. The summed E-state index contributed by atoms with van der Waals surface area (Å²) >= 11 is 7.61. The SMILES string of the molecule is COc1cc(F)c(C(N)c2scc(C)c2Cl)cc1OC. The van der Waals surface area contributed by atoms with E-state index in [0.717, 1.165) is 10.4 Å². The molecule has 0 aliphatic heterocycles. The minimum Gasteiger partial charge on any atom is -0.493 e. The molecule has 20 heavy (non-hydrogen) atoms. The van der Waals surface area contributed by atoms with E-state index >= 15 is 0 Å². The number of hydrogen-bond donors (Lipinski definition) is 1. The molecular formula is C14H15ClFNO2S. The molecule has 0 saturated heterocycles. The maximum Gasteiger partial charge on any atom is 0.163 e. The van der Waals surface area contributed by atoms with Crippen molar-refractivity contribution in [3.05, 3.63) is 44.4 Å². The lowest BCUT2D eigenvalue weighted by Crippen LogP contribution is -2.13. The van der Waals surface area contributed by atoms with Crippen LogP contribution in [0.5, 0.6) is 11.5 Å². The van der Waals surface area contributed by atoms with Gasteiger partial charge in [0.15, 0.2) is 11.5 Å². The van der Waals surface area contributed by atoms with Crippen molar-refractivity contribution in [1.29, 1.82) is 0 Å². The summed E-state index contributed by atoms with van der Waals surface area (Å²) in [6, 6.07) is 2.17. The Labute approximate surface area is 126 Å². The maximum atomic E-state index is 14.2. The molecular weight excluding hydrogens is 301 g/mol. The van der Waals surface area contributed by atoms with E-state index in [2.05, 4.69) is 0 Å². The number of rotatable bonds is 4. The lowest BCUT2D eigenvalue weighted by molar-refractivity contribution is 0.351. The Morgan fingerprint density at radius 3 is 2.35 bits per heavy atom. The van der Waals surface area contributed by atoms with Crippen LogP contribution in [0.3, 0.4) is 0 Å². The summed E-state index contributed by atoms with van der Waals surface area (Å²) in [4.78, 5) is 0.732. The highest BCUT2D eigenvalue weighted by Gasteiger charge is 2.21. The Kier molecular flexibility index (Phi) is 4.52. The van der Waals surface area contributed by atoms with E-state index in [1.54, 1.807) is 6.07 Å². The number of methoxy groups -OCH3 is 2. The highest BCUT2D eigenvalue weighted by Crippen LogP contribution is 2.38. The van der Waals surface area contributed by atoms with Gasteiger partial charge in [0.25, 0.3) is 0 Å². The summed E-state index contributed by atoms with van der Waals surface area (Å²) in [7, 11) is 2.95. The third kappa shape index (κ3) is 2.61. The Balaban J connectivity index is 2.49. The zero-order valence-corrected chi connectivity index (χ0v) is 12.9. The van der Waals surface area contributed by atoms with Crippen LogP contribution in [0.1, 0.15) is 22.0 Å². The molecule has 108 valence electrons. The number of nitrogens with two attached hydrogens (primary N) is 1. The molecule has 0 radical (unpaired) electrons. The van der Waals surface area contributed by atoms with Gasteiger partial charge in [-0.3, -0.25) is 0 Å². The quantitative estimate of drug-likeness (QED) is 0.930. The summed E-state index contributed by atoms with van der Waals surface area (Å²) < 4.78 is 24.4. The third-order valence-corrected chi connectivity index (χ3v) is 4.84. The number of aryl methyl sites for hydroxylation is 1. The predicted molar refractivity (Wildman–Crippen MR) is 79.6 cm³/mol. The van der Waals surface area contributed by atoms with Crippen LogP contribution in [0.15, 0.2) is 17.5 Å². The zero-order valence-electron chi connectivity index (χ0n) is 11.4. The van der Waals surface area contributed by atoms with Gasteiger partial charge in [-0.05, 0) is 23.9 Å². The van der Waals surface area contributed by atoms with Crippen molar-refractivity contribution in [2.75, 3.05) is 14.2 Å². The van der Waals surface area contributed by atoms with Gasteiger partial charge in [-0.15, -0.1) is 11.3 Å². The molecule has 1 aromatic heterocycles. The molecule has 1 atom stereocenters. The second kappa shape index (κ2) is 5.99. The fourth-order valence-corrected chi connectivity index (χ4v) is 3.24. The van der Waals surface area contributed by atoms with Crippen LogP contribution in [0, 0.1) is 12.7 Å². The fourth-order valence-electron chi connectivity index (χ4n) is 1.91. The highest BCUT2D eigenvalue weighted by atomic mass is 35.5. The average molecular weight is 316 g/mol. The van der Waals surface area contributed by atoms with Crippen LogP contribution >= 0.6 is 22.9 Å². The van der Waals surface area contributed by atoms with Gasteiger partial charge in [0.05, 0.1) is 25.3 Å². The fraction of sp³-hybridized carbons (Fsp3) is 0.286. The monoisotopic (exact) mass is 315 g/mol. The Bertz CT molecular complexity index is 630. The molecule has 2 aromatic rings. The molecule has 0 aliphatic carbocycles. The van der Waals surface area contributed by atoms with Crippen molar-refractivity contribution in [3.63, 3.8) is 0 Å². The maximum absolute atomic E-state index is 14.2. The van der Waals surface area contributed by atoms with E-state index in [9.17, 15) is 4.39 Å². The number of benzene rings is 1. The first-order valence-electron chi connectivity index (χ1n) is 5.90. The molecule has 1 heterocycles. The van der Waals surface area contributed by atoms with E-state index in [-0.39, 0.29) is 0 Å². The summed E-state index contributed by atoms with van der Waals surface area (Å²) in [5.74, 6) is 0.315. The van der Waals surface area contributed by atoms with Crippen molar-refractivity contribution in [2.24, 2.45) is 5.73 Å². The molecule has 0 aliphatic rings. The van der Waals surface area contributed by atoms with Crippen LogP contribution in [-0.2, 0) is 0 Å². The van der Waals surface area contributed by atoms with Gasteiger partial charge < -0.3 is 15.2 Å².